The molecule has 0 fully saturated rings. The summed E-state index contributed by atoms with van der Waals surface area (Å²) in [6, 6.07) is 16.7. The van der Waals surface area contributed by atoms with Gasteiger partial charge in [-0.25, -0.2) is 0 Å². The molecule has 2 aromatic carbocycles. The zero-order valence-electron chi connectivity index (χ0n) is 14.6. The maximum Gasteiger partial charge on any atom is 0.258 e. The van der Waals surface area contributed by atoms with Gasteiger partial charge in [0.25, 0.3) is 5.91 Å². The Balaban J connectivity index is 1.88. The number of nitrogens with one attached hydrogen (secondary N) is 2. The number of aryl methyl sites for hydroxylation is 2. The molecule has 0 aromatic heterocycles. The first kappa shape index (κ1) is 15.7. The van der Waals surface area contributed by atoms with Crippen molar-refractivity contribution in [3.8, 4) is 0 Å². The summed E-state index contributed by atoms with van der Waals surface area (Å²) in [5.74, 6) is -0.00412. The van der Waals surface area contributed by atoms with E-state index < -0.39 is 0 Å². The molecule has 0 aliphatic carbocycles. The second kappa shape index (κ2) is 6.25. The summed E-state index contributed by atoms with van der Waals surface area (Å²) in [4.78, 5) is 12.8. The summed E-state index contributed by atoms with van der Waals surface area (Å²) < 4.78 is 0. The summed E-state index contributed by atoms with van der Waals surface area (Å²) in [7, 11) is 0. The second-order valence-electron chi connectivity index (χ2n) is 6.82. The molecule has 1 amide bonds. The Morgan fingerprint density at radius 2 is 1.36 bits per heavy atom. The van der Waals surface area contributed by atoms with Crippen molar-refractivity contribution >= 4 is 17.3 Å². The minimum Gasteiger partial charge on any atom is -0.384 e. The molecule has 0 unspecified atom stereocenters. The number of rotatable bonds is 2. The fourth-order valence-corrected chi connectivity index (χ4v) is 3.53. The van der Waals surface area contributed by atoms with Gasteiger partial charge in [-0.3, -0.25) is 4.79 Å². The smallest absolute Gasteiger partial charge is 0.258 e. The Labute approximate surface area is 148 Å². The predicted octanol–water partition coefficient (Wildman–Crippen LogP) is 3.94. The third-order valence-electron chi connectivity index (χ3n) is 4.90. The molecule has 0 radical (unpaired) electrons. The van der Waals surface area contributed by atoms with Gasteiger partial charge in [-0.1, -0.05) is 59.7 Å². The summed E-state index contributed by atoms with van der Waals surface area (Å²) in [5.41, 5.74) is 8.44. The lowest BCUT2D eigenvalue weighted by Gasteiger charge is -2.12. The van der Waals surface area contributed by atoms with Crippen molar-refractivity contribution in [1.29, 1.82) is 0 Å². The van der Waals surface area contributed by atoms with E-state index in [9.17, 15) is 4.79 Å². The SMILES string of the molecule is Cc1ccc(C2=C3CCCNC(c4ccc(C)cc4)=C3C(=O)N2)cc1. The van der Waals surface area contributed by atoms with Crippen molar-refractivity contribution in [2.75, 3.05) is 6.54 Å². The second-order valence-corrected chi connectivity index (χ2v) is 6.82. The van der Waals surface area contributed by atoms with Gasteiger partial charge in [0.2, 0.25) is 0 Å². The highest BCUT2D eigenvalue weighted by Crippen LogP contribution is 2.36. The molecule has 3 heteroatoms. The fourth-order valence-electron chi connectivity index (χ4n) is 3.53. The van der Waals surface area contributed by atoms with Gasteiger partial charge in [-0.05, 0) is 43.4 Å². The van der Waals surface area contributed by atoms with Gasteiger partial charge in [-0.2, -0.15) is 0 Å². The van der Waals surface area contributed by atoms with Crippen molar-refractivity contribution < 1.29 is 4.79 Å². The fraction of sp³-hybridized carbons (Fsp3) is 0.227. The van der Waals surface area contributed by atoms with E-state index in [-0.39, 0.29) is 5.91 Å². The van der Waals surface area contributed by atoms with Crippen molar-refractivity contribution in [1.82, 2.24) is 10.6 Å². The first-order valence-electron chi connectivity index (χ1n) is 8.80. The molecule has 0 bridgehead atoms. The Kier molecular flexibility index (Phi) is 3.92. The lowest BCUT2D eigenvalue weighted by atomic mass is 9.96. The van der Waals surface area contributed by atoms with Crippen LogP contribution in [0.3, 0.4) is 0 Å². The van der Waals surface area contributed by atoms with Gasteiger partial charge >= 0.3 is 0 Å². The number of fused-ring (bicyclic) bond motifs is 1. The van der Waals surface area contributed by atoms with Gasteiger partial charge in [0.1, 0.15) is 0 Å². The molecule has 2 aliphatic heterocycles. The quantitative estimate of drug-likeness (QED) is 0.876. The zero-order chi connectivity index (χ0) is 17.4. The van der Waals surface area contributed by atoms with Gasteiger partial charge in [0.05, 0.1) is 17.0 Å². The molecule has 25 heavy (non-hydrogen) atoms. The number of hydrogen-bond donors (Lipinski definition) is 2. The van der Waals surface area contributed by atoms with Crippen molar-refractivity contribution in [2.45, 2.75) is 26.7 Å². The van der Waals surface area contributed by atoms with E-state index in [4.69, 9.17) is 0 Å². The maximum absolute atomic E-state index is 12.8. The average Bonchev–Trinajstić information content (AvgIpc) is 2.80. The average molecular weight is 330 g/mol. The molecule has 0 spiro atoms. The molecule has 0 saturated carbocycles. The Morgan fingerprint density at radius 1 is 0.800 bits per heavy atom. The monoisotopic (exact) mass is 330 g/mol. The van der Waals surface area contributed by atoms with Crippen molar-refractivity contribution in [3.05, 3.63) is 81.9 Å². The Morgan fingerprint density at radius 3 is 1.96 bits per heavy atom. The zero-order valence-corrected chi connectivity index (χ0v) is 14.6. The van der Waals surface area contributed by atoms with Gasteiger partial charge in [0, 0.05) is 6.54 Å². The minimum absolute atomic E-state index is 0.00412. The highest BCUT2D eigenvalue weighted by Gasteiger charge is 2.32. The molecule has 2 heterocycles. The van der Waals surface area contributed by atoms with E-state index in [1.165, 1.54) is 11.1 Å². The topological polar surface area (TPSA) is 41.1 Å². The molecule has 3 nitrogen and oxygen atoms in total. The van der Waals surface area contributed by atoms with E-state index in [2.05, 4.69) is 73.0 Å². The van der Waals surface area contributed by atoms with Crippen LogP contribution in [0.2, 0.25) is 0 Å². The highest BCUT2D eigenvalue weighted by atomic mass is 16.2. The van der Waals surface area contributed by atoms with E-state index in [1.54, 1.807) is 0 Å². The normalized spacial score (nSPS) is 17.1. The van der Waals surface area contributed by atoms with Crippen LogP contribution in [-0.2, 0) is 4.79 Å². The molecular weight excluding hydrogens is 308 g/mol. The Bertz CT molecular complexity index is 887. The number of carbonyl (C=O) groups excluding carboxylic acids is 1. The summed E-state index contributed by atoms with van der Waals surface area (Å²) in [6.07, 6.45) is 1.91. The molecule has 0 saturated heterocycles. The molecule has 0 atom stereocenters. The number of amides is 1. The first-order valence-corrected chi connectivity index (χ1v) is 8.80. The third-order valence-corrected chi connectivity index (χ3v) is 4.90. The standard InChI is InChI=1S/C22H22N2O/c1-14-5-9-16(10-6-14)20-18-4-3-13-23-21(19(18)22(25)24-20)17-11-7-15(2)8-12-17/h5-12,23H,3-4,13H2,1-2H3,(H,24,25). The van der Waals surface area contributed by atoms with Gasteiger partial charge < -0.3 is 10.6 Å². The first-order chi connectivity index (χ1) is 12.1. The molecule has 2 N–H and O–H groups in total. The van der Waals surface area contributed by atoms with Gasteiger partial charge in [-0.15, -0.1) is 0 Å². The van der Waals surface area contributed by atoms with E-state index in [0.717, 1.165) is 53.1 Å². The van der Waals surface area contributed by atoms with Crippen LogP contribution in [-0.4, -0.2) is 12.5 Å². The molecular formula is C22H22N2O. The van der Waals surface area contributed by atoms with Crippen molar-refractivity contribution in [3.63, 3.8) is 0 Å². The lowest BCUT2D eigenvalue weighted by molar-refractivity contribution is -0.115. The van der Waals surface area contributed by atoms with Crippen LogP contribution in [0.15, 0.2) is 59.7 Å². The molecule has 2 aromatic rings. The summed E-state index contributed by atoms with van der Waals surface area (Å²) in [5, 5.41) is 6.60. The van der Waals surface area contributed by atoms with Crippen LogP contribution in [0.4, 0.5) is 0 Å². The third kappa shape index (κ3) is 2.86. The van der Waals surface area contributed by atoms with Crippen LogP contribution in [0.5, 0.6) is 0 Å². The maximum atomic E-state index is 12.8. The van der Waals surface area contributed by atoms with Crippen LogP contribution >= 0.6 is 0 Å². The van der Waals surface area contributed by atoms with Crippen LogP contribution in [0.1, 0.15) is 35.1 Å². The number of carbonyl (C=O) groups is 1. The number of benzene rings is 2. The summed E-state index contributed by atoms with van der Waals surface area (Å²) in [6.45, 7) is 5.03. The number of hydrogen-bond acceptors (Lipinski definition) is 2. The molecule has 126 valence electrons. The van der Waals surface area contributed by atoms with E-state index in [1.807, 2.05) is 0 Å². The molecule has 4 rings (SSSR count). The van der Waals surface area contributed by atoms with Crippen molar-refractivity contribution in [2.24, 2.45) is 0 Å². The van der Waals surface area contributed by atoms with Gasteiger partial charge in [0.15, 0.2) is 0 Å². The highest BCUT2D eigenvalue weighted by molar-refractivity contribution is 6.15. The van der Waals surface area contributed by atoms with Crippen LogP contribution in [0, 0.1) is 13.8 Å². The predicted molar refractivity (Wildman–Crippen MR) is 102 cm³/mol. The van der Waals surface area contributed by atoms with Crippen LogP contribution < -0.4 is 10.6 Å². The summed E-state index contributed by atoms with van der Waals surface area (Å²) >= 11 is 0. The minimum atomic E-state index is -0.00412. The molecule has 2 aliphatic rings. The largest absolute Gasteiger partial charge is 0.384 e. The Hall–Kier alpha value is -2.81. The van der Waals surface area contributed by atoms with Crippen LogP contribution in [0.25, 0.3) is 11.4 Å². The van der Waals surface area contributed by atoms with E-state index in [0.29, 0.717) is 0 Å². The van der Waals surface area contributed by atoms with E-state index >= 15 is 0 Å². The lowest BCUT2D eigenvalue weighted by Crippen LogP contribution is -2.20.